The molecule has 0 unspecified atom stereocenters. The molecule has 0 aromatic carbocycles. The molecule has 18 heavy (non-hydrogen) atoms. The molecule has 0 rings (SSSR count). The summed E-state index contributed by atoms with van der Waals surface area (Å²) in [6.45, 7) is 2.08. The van der Waals surface area contributed by atoms with E-state index in [0.29, 0.717) is 0 Å². The molecule has 0 spiro atoms. The average Bonchev–Trinajstić information content (AvgIpc) is 2.39. The Balaban J connectivity index is 3.13. The first-order valence-electron chi connectivity index (χ1n) is 7.39. The molecule has 0 nitrogen and oxygen atoms in total. The summed E-state index contributed by atoms with van der Waals surface area (Å²) in [5.74, 6) is 13.4. The van der Waals surface area contributed by atoms with E-state index in [4.69, 9.17) is 11.6 Å². The third-order valence-electron chi connectivity index (χ3n) is 2.74. The summed E-state index contributed by atoms with van der Waals surface area (Å²) in [5, 5.41) is 0. The second-order valence-corrected chi connectivity index (χ2v) is 4.85. The van der Waals surface area contributed by atoms with Crippen LogP contribution in [-0.2, 0) is 0 Å². The lowest BCUT2D eigenvalue weighted by atomic mass is 10.1. The van der Waals surface area contributed by atoms with Crippen molar-refractivity contribution in [3.05, 3.63) is 0 Å². The average molecular weight is 267 g/mol. The van der Waals surface area contributed by atoms with Gasteiger partial charge < -0.3 is 0 Å². The maximum Gasteiger partial charge on any atom is 0.0223 e. The third-order valence-corrected chi connectivity index (χ3v) is 3.00. The molecule has 0 aromatic heterocycles. The predicted molar refractivity (Wildman–Crippen MR) is 82.7 cm³/mol. The minimum absolute atomic E-state index is 0.818. The minimum Gasteiger partial charge on any atom is -0.127 e. The number of hydrogen-bond donors (Lipinski definition) is 0. The summed E-state index contributed by atoms with van der Waals surface area (Å²) in [5.41, 5.74) is 0. The van der Waals surface area contributed by atoms with E-state index in [1.807, 2.05) is 0 Å². The summed E-state index contributed by atoms with van der Waals surface area (Å²) in [6.07, 6.45) is 13.0. The predicted octanol–water partition coefficient (Wildman–Crippen LogP) is 5.54. The van der Waals surface area contributed by atoms with Crippen molar-refractivity contribution in [1.29, 1.82) is 0 Å². The van der Waals surface area contributed by atoms with E-state index >= 15 is 0 Å². The first-order valence-corrected chi connectivity index (χ1v) is 7.92. The lowest BCUT2D eigenvalue weighted by molar-refractivity contribution is 0.595. The van der Waals surface area contributed by atoms with E-state index in [0.717, 1.165) is 31.6 Å². The van der Waals surface area contributed by atoms with Crippen molar-refractivity contribution in [2.24, 2.45) is 0 Å². The van der Waals surface area contributed by atoms with E-state index in [1.165, 1.54) is 44.9 Å². The zero-order chi connectivity index (χ0) is 13.3. The van der Waals surface area contributed by atoms with Crippen molar-refractivity contribution in [3.63, 3.8) is 0 Å². The molecule has 0 bridgehead atoms. The molecule has 102 valence electrons. The highest BCUT2D eigenvalue weighted by molar-refractivity contribution is 6.17. The van der Waals surface area contributed by atoms with Crippen LogP contribution in [0.4, 0.5) is 0 Å². The summed E-state index contributed by atoms with van der Waals surface area (Å²) in [4.78, 5) is 0. The summed E-state index contributed by atoms with van der Waals surface area (Å²) in [6, 6.07) is 0. The number of alkyl halides is 1. The van der Waals surface area contributed by atoms with Gasteiger partial charge in [-0.2, -0.15) is 0 Å². The topological polar surface area (TPSA) is 0 Å². The molecular formula is C17H27Cl. The lowest BCUT2D eigenvalue weighted by Gasteiger charge is -1.98. The van der Waals surface area contributed by atoms with Crippen LogP contribution in [0.25, 0.3) is 0 Å². The van der Waals surface area contributed by atoms with E-state index in [-0.39, 0.29) is 0 Å². The van der Waals surface area contributed by atoms with Gasteiger partial charge in [0.05, 0.1) is 0 Å². The van der Waals surface area contributed by atoms with Gasteiger partial charge in [-0.3, -0.25) is 0 Å². The lowest BCUT2D eigenvalue weighted by Crippen LogP contribution is -1.81. The molecule has 0 N–H and O–H groups in total. The Hall–Kier alpha value is -0.590. The summed E-state index contributed by atoms with van der Waals surface area (Å²) in [7, 11) is 0. The zero-order valence-corrected chi connectivity index (χ0v) is 12.6. The van der Waals surface area contributed by atoms with Gasteiger partial charge in [0.25, 0.3) is 0 Å². The Bertz CT molecular complexity index is 271. The third kappa shape index (κ3) is 15.4. The van der Waals surface area contributed by atoms with Gasteiger partial charge in [-0.25, -0.2) is 0 Å². The quantitative estimate of drug-likeness (QED) is 0.292. The SMILES string of the molecule is CCC#CCCC#CCCCCCCCCCCl. The monoisotopic (exact) mass is 266 g/mol. The molecule has 0 fully saturated rings. The molecule has 0 aromatic rings. The van der Waals surface area contributed by atoms with Crippen molar-refractivity contribution in [2.75, 3.05) is 5.88 Å². The molecule has 0 heterocycles. The molecule has 0 aliphatic heterocycles. The van der Waals surface area contributed by atoms with Gasteiger partial charge in [0, 0.05) is 31.6 Å². The van der Waals surface area contributed by atoms with Crippen LogP contribution in [-0.4, -0.2) is 5.88 Å². The Morgan fingerprint density at radius 3 is 1.72 bits per heavy atom. The fourth-order valence-electron chi connectivity index (χ4n) is 1.71. The highest BCUT2D eigenvalue weighted by atomic mass is 35.5. The normalized spacial score (nSPS) is 9.22. The summed E-state index contributed by atoms with van der Waals surface area (Å²) >= 11 is 5.63. The fourth-order valence-corrected chi connectivity index (χ4v) is 1.90. The zero-order valence-electron chi connectivity index (χ0n) is 11.9. The summed E-state index contributed by atoms with van der Waals surface area (Å²) < 4.78 is 0. The smallest absolute Gasteiger partial charge is 0.0223 e. The van der Waals surface area contributed by atoms with Gasteiger partial charge in [0.2, 0.25) is 0 Å². The molecule has 1 heteroatoms. The van der Waals surface area contributed by atoms with Gasteiger partial charge in [0.1, 0.15) is 0 Å². The van der Waals surface area contributed by atoms with Crippen LogP contribution >= 0.6 is 11.6 Å². The maximum atomic E-state index is 5.63. The van der Waals surface area contributed by atoms with Gasteiger partial charge in [-0.1, -0.05) is 39.0 Å². The standard InChI is InChI=1S/C17H27Cl/c1-2-3-4-5-6-7-8-9-10-11-12-13-14-15-16-17-18/h2,5-6,9-17H2,1H3. The van der Waals surface area contributed by atoms with E-state index in [9.17, 15) is 0 Å². The second kappa shape index (κ2) is 16.4. The Kier molecular flexibility index (Phi) is 15.9. The Morgan fingerprint density at radius 1 is 0.611 bits per heavy atom. The second-order valence-electron chi connectivity index (χ2n) is 4.47. The molecular weight excluding hydrogens is 240 g/mol. The van der Waals surface area contributed by atoms with Crippen LogP contribution in [0.5, 0.6) is 0 Å². The van der Waals surface area contributed by atoms with Crippen molar-refractivity contribution >= 4 is 11.6 Å². The van der Waals surface area contributed by atoms with Crippen LogP contribution in [0.3, 0.4) is 0 Å². The van der Waals surface area contributed by atoms with Crippen molar-refractivity contribution in [3.8, 4) is 23.7 Å². The van der Waals surface area contributed by atoms with E-state index in [2.05, 4.69) is 30.6 Å². The Morgan fingerprint density at radius 2 is 1.11 bits per heavy atom. The van der Waals surface area contributed by atoms with Crippen LogP contribution in [0.15, 0.2) is 0 Å². The largest absolute Gasteiger partial charge is 0.127 e. The van der Waals surface area contributed by atoms with Gasteiger partial charge in [-0.15, -0.1) is 35.3 Å². The van der Waals surface area contributed by atoms with Crippen LogP contribution in [0, 0.1) is 23.7 Å². The van der Waals surface area contributed by atoms with Gasteiger partial charge >= 0.3 is 0 Å². The molecule has 0 radical (unpaired) electrons. The number of halogens is 1. The number of unbranched alkanes of at least 4 members (excludes halogenated alkanes) is 8. The minimum atomic E-state index is 0.818. The van der Waals surface area contributed by atoms with Crippen LogP contribution in [0.2, 0.25) is 0 Å². The number of rotatable bonds is 9. The van der Waals surface area contributed by atoms with Crippen molar-refractivity contribution < 1.29 is 0 Å². The van der Waals surface area contributed by atoms with Crippen LogP contribution < -0.4 is 0 Å². The first kappa shape index (κ1) is 17.4. The number of hydrogen-bond acceptors (Lipinski definition) is 0. The van der Waals surface area contributed by atoms with Crippen LogP contribution in [0.1, 0.15) is 77.6 Å². The first-order chi connectivity index (χ1) is 8.91. The van der Waals surface area contributed by atoms with Crippen molar-refractivity contribution in [1.82, 2.24) is 0 Å². The fraction of sp³-hybridized carbons (Fsp3) is 0.765. The maximum absolute atomic E-state index is 5.63. The molecule has 0 aliphatic carbocycles. The molecule has 0 aliphatic rings. The molecule has 0 saturated carbocycles. The van der Waals surface area contributed by atoms with Gasteiger partial charge in [0.15, 0.2) is 0 Å². The van der Waals surface area contributed by atoms with Crippen molar-refractivity contribution in [2.45, 2.75) is 77.6 Å². The highest BCUT2D eigenvalue weighted by Gasteiger charge is 1.90. The highest BCUT2D eigenvalue weighted by Crippen LogP contribution is 2.08. The van der Waals surface area contributed by atoms with E-state index < -0.39 is 0 Å². The van der Waals surface area contributed by atoms with Gasteiger partial charge in [-0.05, 0) is 12.8 Å². The molecule has 0 saturated heterocycles. The Labute approximate surface area is 119 Å². The molecule has 0 atom stereocenters. The van der Waals surface area contributed by atoms with E-state index in [1.54, 1.807) is 0 Å². The molecule has 0 amide bonds.